The van der Waals surface area contributed by atoms with E-state index in [4.69, 9.17) is 14.2 Å². The highest BCUT2D eigenvalue weighted by Crippen LogP contribution is 2.34. The first-order chi connectivity index (χ1) is 15.1. The number of anilines is 1. The van der Waals surface area contributed by atoms with Gasteiger partial charge >= 0.3 is 0 Å². The molecule has 174 valence electrons. The van der Waals surface area contributed by atoms with Crippen LogP contribution in [0.15, 0.2) is 41.3 Å². The van der Waals surface area contributed by atoms with Gasteiger partial charge in [-0.25, -0.2) is 8.42 Å². The third-order valence-corrected chi connectivity index (χ3v) is 6.01. The maximum Gasteiger partial charge on any atom is 0.241 e. The molecule has 2 aromatic carbocycles. The Morgan fingerprint density at radius 1 is 0.938 bits per heavy atom. The summed E-state index contributed by atoms with van der Waals surface area (Å²) in [6.45, 7) is 2.87. The minimum atomic E-state index is -3.95. The van der Waals surface area contributed by atoms with E-state index in [1.807, 2.05) is 0 Å². The molecule has 32 heavy (non-hydrogen) atoms. The van der Waals surface area contributed by atoms with Crippen LogP contribution in [0.5, 0.6) is 17.2 Å². The number of sulfonamides is 1. The van der Waals surface area contributed by atoms with E-state index in [0.29, 0.717) is 28.5 Å². The lowest BCUT2D eigenvalue weighted by Gasteiger charge is -2.17. The van der Waals surface area contributed by atoms with Gasteiger partial charge in [-0.1, -0.05) is 0 Å². The fraction of sp³-hybridized carbons (Fsp3) is 0.333. The molecule has 0 heterocycles. The van der Waals surface area contributed by atoms with E-state index in [2.05, 4.69) is 15.4 Å². The summed E-state index contributed by atoms with van der Waals surface area (Å²) in [4.78, 5) is 23.5. The summed E-state index contributed by atoms with van der Waals surface area (Å²) in [7, 11) is 0.529. The van der Waals surface area contributed by atoms with Crippen LogP contribution in [-0.4, -0.2) is 47.6 Å². The minimum absolute atomic E-state index is 0.0344. The molecule has 10 nitrogen and oxygen atoms in total. The van der Waals surface area contributed by atoms with E-state index < -0.39 is 22.0 Å². The van der Waals surface area contributed by atoms with Crippen LogP contribution in [0, 0.1) is 0 Å². The Balaban J connectivity index is 2.06. The highest BCUT2D eigenvalue weighted by Gasteiger charge is 2.22. The van der Waals surface area contributed by atoms with Crippen molar-refractivity contribution in [2.24, 2.45) is 0 Å². The van der Waals surface area contributed by atoms with E-state index in [0.717, 1.165) is 0 Å². The van der Waals surface area contributed by atoms with Gasteiger partial charge in [-0.2, -0.15) is 4.72 Å². The third-order valence-electron chi connectivity index (χ3n) is 4.45. The lowest BCUT2D eigenvalue weighted by molar-refractivity contribution is -0.122. The van der Waals surface area contributed by atoms with E-state index >= 15 is 0 Å². The Hall–Kier alpha value is -3.31. The predicted molar refractivity (Wildman–Crippen MR) is 118 cm³/mol. The number of carbonyl (C=O) groups excluding carboxylic acids is 2. The number of methoxy groups -OCH3 is 3. The first-order valence-electron chi connectivity index (χ1n) is 9.57. The number of hydrogen-bond donors (Lipinski definition) is 3. The van der Waals surface area contributed by atoms with Crippen LogP contribution in [0.3, 0.4) is 0 Å². The van der Waals surface area contributed by atoms with Gasteiger partial charge in [0.15, 0.2) is 11.5 Å². The molecule has 2 rings (SSSR count). The fourth-order valence-corrected chi connectivity index (χ4v) is 4.04. The van der Waals surface area contributed by atoms with Crippen LogP contribution in [0.25, 0.3) is 0 Å². The Kier molecular flexibility index (Phi) is 8.44. The van der Waals surface area contributed by atoms with Crippen LogP contribution >= 0.6 is 0 Å². The molecular weight excluding hydrogens is 438 g/mol. The minimum Gasteiger partial charge on any atom is -0.496 e. The largest absolute Gasteiger partial charge is 0.496 e. The van der Waals surface area contributed by atoms with Crippen molar-refractivity contribution in [3.05, 3.63) is 42.0 Å². The first-order valence-corrected chi connectivity index (χ1v) is 11.1. The molecule has 0 unspecified atom stereocenters. The number of rotatable bonds is 10. The summed E-state index contributed by atoms with van der Waals surface area (Å²) < 4.78 is 43.3. The summed E-state index contributed by atoms with van der Waals surface area (Å²) in [5.74, 6) is 0.630. The van der Waals surface area contributed by atoms with Gasteiger partial charge in [0.25, 0.3) is 0 Å². The summed E-state index contributed by atoms with van der Waals surface area (Å²) in [6, 6.07) is 7.87. The van der Waals surface area contributed by atoms with Crippen molar-refractivity contribution in [3.63, 3.8) is 0 Å². The number of nitrogens with one attached hydrogen (secondary N) is 3. The van der Waals surface area contributed by atoms with Crippen LogP contribution < -0.4 is 29.6 Å². The van der Waals surface area contributed by atoms with Crippen LogP contribution in [0.4, 0.5) is 5.69 Å². The van der Waals surface area contributed by atoms with Gasteiger partial charge in [-0.15, -0.1) is 0 Å². The lowest BCUT2D eigenvalue weighted by atomic mass is 10.1. The van der Waals surface area contributed by atoms with Crippen molar-refractivity contribution < 1.29 is 32.2 Å². The zero-order valence-electron chi connectivity index (χ0n) is 18.5. The third kappa shape index (κ3) is 6.34. The van der Waals surface area contributed by atoms with E-state index in [9.17, 15) is 18.0 Å². The SMILES string of the molecule is COc1cc(OC)c(OC)cc1CNC(=O)[C@H](C)NS(=O)(=O)c1ccc(NC(C)=O)cc1. The number of carbonyl (C=O) groups is 2. The lowest BCUT2D eigenvalue weighted by Crippen LogP contribution is -2.44. The van der Waals surface area contributed by atoms with Crippen molar-refractivity contribution in [1.82, 2.24) is 10.0 Å². The summed E-state index contributed by atoms with van der Waals surface area (Å²) in [6.07, 6.45) is 0. The summed E-state index contributed by atoms with van der Waals surface area (Å²) in [5, 5.41) is 5.23. The maximum atomic E-state index is 12.6. The van der Waals surface area contributed by atoms with Crippen molar-refractivity contribution in [2.75, 3.05) is 26.6 Å². The van der Waals surface area contributed by atoms with Crippen molar-refractivity contribution in [1.29, 1.82) is 0 Å². The molecule has 0 bridgehead atoms. The molecule has 0 aromatic heterocycles. The predicted octanol–water partition coefficient (Wildman–Crippen LogP) is 1.65. The van der Waals surface area contributed by atoms with E-state index in [-0.39, 0.29) is 17.3 Å². The zero-order valence-corrected chi connectivity index (χ0v) is 19.3. The highest BCUT2D eigenvalue weighted by molar-refractivity contribution is 7.89. The molecule has 0 aliphatic heterocycles. The molecule has 0 spiro atoms. The molecule has 1 atom stereocenters. The highest BCUT2D eigenvalue weighted by atomic mass is 32.2. The van der Waals surface area contributed by atoms with Gasteiger partial charge in [-0.3, -0.25) is 9.59 Å². The van der Waals surface area contributed by atoms with Crippen LogP contribution in [0.1, 0.15) is 19.4 Å². The molecule has 0 fully saturated rings. The Bertz CT molecular complexity index is 1070. The molecule has 11 heteroatoms. The molecule has 2 aromatic rings. The number of ether oxygens (including phenoxy) is 3. The topological polar surface area (TPSA) is 132 Å². The molecule has 0 aliphatic carbocycles. The van der Waals surface area contributed by atoms with Crippen LogP contribution in [-0.2, 0) is 26.2 Å². The molecule has 3 N–H and O–H groups in total. The second kappa shape index (κ2) is 10.8. The summed E-state index contributed by atoms with van der Waals surface area (Å²) in [5.41, 5.74) is 1.09. The van der Waals surface area contributed by atoms with Gasteiger partial charge in [0.2, 0.25) is 21.8 Å². The molecule has 2 amide bonds. The Morgan fingerprint density at radius 2 is 1.50 bits per heavy atom. The number of benzene rings is 2. The van der Waals surface area contributed by atoms with Crippen molar-refractivity contribution in [3.8, 4) is 17.2 Å². The number of hydrogen-bond acceptors (Lipinski definition) is 7. The number of amides is 2. The van der Waals surface area contributed by atoms with Gasteiger partial charge < -0.3 is 24.8 Å². The first kappa shape index (κ1) is 25.0. The second-order valence-corrected chi connectivity index (χ2v) is 8.50. The van der Waals surface area contributed by atoms with Gasteiger partial charge in [0.1, 0.15) is 5.75 Å². The monoisotopic (exact) mass is 465 g/mol. The fourth-order valence-electron chi connectivity index (χ4n) is 2.84. The van der Waals surface area contributed by atoms with Crippen LogP contribution in [0.2, 0.25) is 0 Å². The average molecular weight is 466 g/mol. The van der Waals surface area contributed by atoms with Gasteiger partial charge in [0, 0.05) is 30.8 Å². The van der Waals surface area contributed by atoms with Crippen molar-refractivity contribution >= 4 is 27.5 Å². The summed E-state index contributed by atoms with van der Waals surface area (Å²) >= 11 is 0. The molecule has 0 radical (unpaired) electrons. The normalized spacial score (nSPS) is 11.9. The molecule has 0 aliphatic rings. The zero-order chi connectivity index (χ0) is 23.9. The van der Waals surface area contributed by atoms with Crippen molar-refractivity contribution in [2.45, 2.75) is 31.3 Å². The van der Waals surface area contributed by atoms with Gasteiger partial charge in [-0.05, 0) is 37.3 Å². The average Bonchev–Trinajstić information content (AvgIpc) is 2.76. The molecule has 0 saturated carbocycles. The molecule has 0 saturated heterocycles. The molecular formula is C21H27N3O7S. The Morgan fingerprint density at radius 3 is 2.03 bits per heavy atom. The standard InChI is InChI=1S/C21H27N3O7S/c1-13(24-32(27,28)17-8-6-16(7-9-17)23-14(2)25)21(26)22-12-15-10-19(30-4)20(31-5)11-18(15)29-3/h6-11,13,24H,12H2,1-5H3,(H,22,26)(H,23,25)/t13-/m0/s1. The Labute approximate surface area is 187 Å². The van der Waals surface area contributed by atoms with E-state index in [1.165, 1.54) is 59.4 Å². The van der Waals surface area contributed by atoms with E-state index in [1.54, 1.807) is 12.1 Å². The second-order valence-electron chi connectivity index (χ2n) is 6.79. The maximum absolute atomic E-state index is 12.6. The quantitative estimate of drug-likeness (QED) is 0.486. The van der Waals surface area contributed by atoms with Gasteiger partial charge in [0.05, 0.1) is 32.3 Å². The smallest absolute Gasteiger partial charge is 0.241 e.